The van der Waals surface area contributed by atoms with Crippen molar-refractivity contribution in [3.8, 4) is 0 Å². The normalized spacial score (nSPS) is 17.4. The fourth-order valence-corrected chi connectivity index (χ4v) is 1.20. The van der Waals surface area contributed by atoms with Gasteiger partial charge < -0.3 is 10.5 Å². The number of esters is 1. The number of carbonyl (C=O) groups is 1. The monoisotopic (exact) mass is 221 g/mol. The Kier molecular flexibility index (Phi) is 6.12. The van der Waals surface area contributed by atoms with E-state index in [0.29, 0.717) is 24.9 Å². The first-order valence-electron chi connectivity index (χ1n) is 5.01. The summed E-state index contributed by atoms with van der Waals surface area (Å²) in [6.07, 6.45) is 3.11. The highest BCUT2D eigenvalue weighted by Gasteiger charge is 2.24. The Balaban J connectivity index is 0.00000169. The molecule has 1 rings (SSSR count). The first-order valence-corrected chi connectivity index (χ1v) is 5.01. The molecule has 0 amide bonds. The largest absolute Gasteiger partial charge is 0.464 e. The number of hydrogen-bond donors (Lipinski definition) is 1. The third kappa shape index (κ3) is 5.45. The zero-order chi connectivity index (χ0) is 9.84. The molecule has 0 saturated heterocycles. The van der Waals surface area contributed by atoms with E-state index in [2.05, 4.69) is 0 Å². The minimum absolute atomic E-state index is 0. The Bertz CT molecular complexity index is 181. The predicted octanol–water partition coefficient (Wildman–Crippen LogP) is 1.73. The predicted molar refractivity (Wildman–Crippen MR) is 58.4 cm³/mol. The lowest BCUT2D eigenvalue weighted by atomic mass is 10.1. The maximum absolute atomic E-state index is 11.3. The van der Waals surface area contributed by atoms with E-state index in [1.54, 1.807) is 0 Å². The van der Waals surface area contributed by atoms with Gasteiger partial charge in [-0.25, -0.2) is 0 Å². The molecule has 0 aliphatic heterocycles. The SMILES string of the molecule is CC(C)CC(N)C(=O)OCC1CC1.Cl. The van der Waals surface area contributed by atoms with Gasteiger partial charge in [-0.2, -0.15) is 0 Å². The summed E-state index contributed by atoms with van der Waals surface area (Å²) in [5, 5.41) is 0. The Morgan fingerprint density at radius 1 is 1.50 bits per heavy atom. The molecule has 84 valence electrons. The number of nitrogens with two attached hydrogens (primary N) is 1. The Hall–Kier alpha value is -0.280. The fraction of sp³-hybridized carbons (Fsp3) is 0.900. The van der Waals surface area contributed by atoms with Gasteiger partial charge in [0, 0.05) is 0 Å². The van der Waals surface area contributed by atoms with Crippen LogP contribution in [0, 0.1) is 11.8 Å². The maximum atomic E-state index is 11.3. The van der Waals surface area contributed by atoms with E-state index in [4.69, 9.17) is 10.5 Å². The molecule has 1 unspecified atom stereocenters. The molecule has 0 bridgehead atoms. The smallest absolute Gasteiger partial charge is 0.322 e. The van der Waals surface area contributed by atoms with E-state index in [-0.39, 0.29) is 18.4 Å². The second-order valence-corrected chi connectivity index (χ2v) is 4.31. The average Bonchev–Trinajstić information content (AvgIpc) is 2.81. The molecule has 1 aliphatic rings. The van der Waals surface area contributed by atoms with E-state index in [0.717, 1.165) is 0 Å². The lowest BCUT2D eigenvalue weighted by Crippen LogP contribution is -2.33. The van der Waals surface area contributed by atoms with Crippen molar-refractivity contribution >= 4 is 18.4 Å². The van der Waals surface area contributed by atoms with Crippen LogP contribution in [0.2, 0.25) is 0 Å². The molecule has 1 aliphatic carbocycles. The molecule has 1 atom stereocenters. The first-order chi connectivity index (χ1) is 6.09. The minimum atomic E-state index is -0.432. The number of carbonyl (C=O) groups excluding carboxylic acids is 1. The van der Waals surface area contributed by atoms with Gasteiger partial charge in [-0.15, -0.1) is 12.4 Å². The van der Waals surface area contributed by atoms with Crippen LogP contribution >= 0.6 is 12.4 Å². The summed E-state index contributed by atoms with van der Waals surface area (Å²) in [4.78, 5) is 11.3. The van der Waals surface area contributed by atoms with Crippen LogP contribution in [0.3, 0.4) is 0 Å². The Morgan fingerprint density at radius 2 is 2.07 bits per heavy atom. The van der Waals surface area contributed by atoms with E-state index >= 15 is 0 Å². The summed E-state index contributed by atoms with van der Waals surface area (Å²) in [5.41, 5.74) is 5.65. The van der Waals surface area contributed by atoms with Gasteiger partial charge in [0.15, 0.2) is 0 Å². The lowest BCUT2D eigenvalue weighted by molar-refractivity contribution is -0.146. The van der Waals surface area contributed by atoms with Crippen LogP contribution in [0.1, 0.15) is 33.1 Å². The van der Waals surface area contributed by atoms with Crippen LogP contribution < -0.4 is 5.73 Å². The Morgan fingerprint density at radius 3 is 2.50 bits per heavy atom. The fourth-order valence-electron chi connectivity index (χ4n) is 1.20. The molecule has 0 aromatic heterocycles. The number of halogens is 1. The van der Waals surface area contributed by atoms with Gasteiger partial charge in [-0.1, -0.05) is 13.8 Å². The van der Waals surface area contributed by atoms with E-state index in [9.17, 15) is 4.79 Å². The van der Waals surface area contributed by atoms with Crippen LogP contribution in [0.4, 0.5) is 0 Å². The zero-order valence-electron chi connectivity index (χ0n) is 8.86. The van der Waals surface area contributed by atoms with Gasteiger partial charge in [0.1, 0.15) is 6.04 Å². The summed E-state index contributed by atoms with van der Waals surface area (Å²) in [6, 6.07) is -0.432. The molecule has 0 radical (unpaired) electrons. The van der Waals surface area contributed by atoms with Crippen LogP contribution in [-0.4, -0.2) is 18.6 Å². The summed E-state index contributed by atoms with van der Waals surface area (Å²) < 4.78 is 5.06. The van der Waals surface area contributed by atoms with Crippen molar-refractivity contribution in [1.29, 1.82) is 0 Å². The molecule has 4 heteroatoms. The van der Waals surface area contributed by atoms with Gasteiger partial charge >= 0.3 is 5.97 Å². The van der Waals surface area contributed by atoms with Crippen molar-refractivity contribution in [2.75, 3.05) is 6.61 Å². The number of ether oxygens (including phenoxy) is 1. The molecule has 1 saturated carbocycles. The van der Waals surface area contributed by atoms with E-state index < -0.39 is 6.04 Å². The molecule has 0 heterocycles. The topological polar surface area (TPSA) is 52.3 Å². The second kappa shape index (κ2) is 6.25. The molecular formula is C10H20ClNO2. The van der Waals surface area contributed by atoms with Gasteiger partial charge in [-0.05, 0) is 31.1 Å². The molecule has 1 fully saturated rings. The van der Waals surface area contributed by atoms with Gasteiger partial charge in [0.05, 0.1) is 6.61 Å². The summed E-state index contributed by atoms with van der Waals surface area (Å²) in [7, 11) is 0. The van der Waals surface area contributed by atoms with Crippen LogP contribution in [-0.2, 0) is 9.53 Å². The van der Waals surface area contributed by atoms with Crippen molar-refractivity contribution in [2.45, 2.75) is 39.2 Å². The van der Waals surface area contributed by atoms with E-state index in [1.807, 2.05) is 13.8 Å². The average molecular weight is 222 g/mol. The van der Waals surface area contributed by atoms with Gasteiger partial charge in [-0.3, -0.25) is 4.79 Å². The highest BCUT2D eigenvalue weighted by Crippen LogP contribution is 2.28. The first kappa shape index (κ1) is 13.7. The quantitative estimate of drug-likeness (QED) is 0.720. The minimum Gasteiger partial charge on any atom is -0.464 e. The molecule has 0 aromatic carbocycles. The number of rotatable bonds is 5. The van der Waals surface area contributed by atoms with E-state index in [1.165, 1.54) is 12.8 Å². The van der Waals surface area contributed by atoms with Gasteiger partial charge in [0.25, 0.3) is 0 Å². The standard InChI is InChI=1S/C10H19NO2.ClH/c1-7(2)5-9(11)10(12)13-6-8-3-4-8;/h7-9H,3-6,11H2,1-2H3;1H. The van der Waals surface area contributed by atoms with Crippen molar-refractivity contribution in [2.24, 2.45) is 17.6 Å². The Labute approximate surface area is 91.8 Å². The molecule has 0 aromatic rings. The molecular weight excluding hydrogens is 202 g/mol. The summed E-state index contributed by atoms with van der Waals surface area (Å²) in [6.45, 7) is 4.67. The number of hydrogen-bond acceptors (Lipinski definition) is 3. The molecule has 0 spiro atoms. The third-order valence-electron chi connectivity index (χ3n) is 2.19. The van der Waals surface area contributed by atoms with Crippen molar-refractivity contribution < 1.29 is 9.53 Å². The molecule has 2 N–H and O–H groups in total. The van der Waals surface area contributed by atoms with Crippen molar-refractivity contribution in [3.63, 3.8) is 0 Å². The molecule has 3 nitrogen and oxygen atoms in total. The zero-order valence-corrected chi connectivity index (χ0v) is 9.68. The highest BCUT2D eigenvalue weighted by molar-refractivity contribution is 5.85. The summed E-state index contributed by atoms with van der Waals surface area (Å²) in [5.74, 6) is 0.833. The van der Waals surface area contributed by atoms with Crippen LogP contribution in [0.25, 0.3) is 0 Å². The highest BCUT2D eigenvalue weighted by atomic mass is 35.5. The van der Waals surface area contributed by atoms with Crippen molar-refractivity contribution in [3.05, 3.63) is 0 Å². The second-order valence-electron chi connectivity index (χ2n) is 4.31. The van der Waals surface area contributed by atoms with Gasteiger partial charge in [0.2, 0.25) is 0 Å². The maximum Gasteiger partial charge on any atom is 0.322 e. The summed E-state index contributed by atoms with van der Waals surface area (Å²) >= 11 is 0. The molecule has 14 heavy (non-hydrogen) atoms. The van der Waals surface area contributed by atoms with Crippen LogP contribution in [0.5, 0.6) is 0 Å². The lowest BCUT2D eigenvalue weighted by Gasteiger charge is -2.12. The third-order valence-corrected chi connectivity index (χ3v) is 2.19. The van der Waals surface area contributed by atoms with Crippen molar-refractivity contribution in [1.82, 2.24) is 0 Å². The van der Waals surface area contributed by atoms with Crippen LogP contribution in [0.15, 0.2) is 0 Å².